The van der Waals surface area contributed by atoms with E-state index < -0.39 is 0 Å². The molecule has 1 aromatic rings. The Morgan fingerprint density at radius 3 is 2.46 bits per heavy atom. The van der Waals surface area contributed by atoms with Crippen molar-refractivity contribution in [3.05, 3.63) is 29.6 Å². The van der Waals surface area contributed by atoms with Gasteiger partial charge in [-0.05, 0) is 58.0 Å². The first kappa shape index (κ1) is 17.3. The summed E-state index contributed by atoms with van der Waals surface area (Å²) in [5.41, 5.74) is 1.29. The maximum absolute atomic E-state index is 12.7. The Balaban J connectivity index is 1.63. The Morgan fingerprint density at radius 1 is 1.04 bits per heavy atom. The molecule has 24 heavy (non-hydrogen) atoms. The van der Waals surface area contributed by atoms with E-state index >= 15 is 0 Å². The number of hydrogen-bond acceptors (Lipinski definition) is 4. The van der Waals surface area contributed by atoms with Crippen molar-refractivity contribution in [2.24, 2.45) is 11.8 Å². The number of piperidine rings is 1. The molecule has 0 radical (unpaired) electrons. The second kappa shape index (κ2) is 8.02. The van der Waals surface area contributed by atoms with Gasteiger partial charge in [-0.15, -0.1) is 0 Å². The lowest BCUT2D eigenvalue weighted by Crippen LogP contribution is -2.33. The number of rotatable bonds is 5. The molecule has 2 fully saturated rings. The van der Waals surface area contributed by atoms with Gasteiger partial charge >= 0.3 is 0 Å². The number of hydrogen-bond donors (Lipinski definition) is 0. The summed E-state index contributed by atoms with van der Waals surface area (Å²) in [6, 6.07) is 5.56. The molecule has 0 unspecified atom stereocenters. The van der Waals surface area contributed by atoms with Crippen LogP contribution in [0.15, 0.2) is 18.2 Å². The average molecular weight is 328 g/mol. The zero-order valence-corrected chi connectivity index (χ0v) is 14.7. The van der Waals surface area contributed by atoms with Gasteiger partial charge in [-0.25, -0.2) is 4.98 Å². The molecular formula is C20H28N2O2. The van der Waals surface area contributed by atoms with Gasteiger partial charge in [0.2, 0.25) is 0 Å². The lowest BCUT2D eigenvalue weighted by Gasteiger charge is -2.27. The number of pyridine rings is 1. The number of carbonyl (C=O) groups excluding carboxylic acids is 2. The number of ketones is 2. The van der Waals surface area contributed by atoms with E-state index in [4.69, 9.17) is 0 Å². The molecule has 0 N–H and O–H groups in total. The highest BCUT2D eigenvalue weighted by atomic mass is 16.1. The van der Waals surface area contributed by atoms with Gasteiger partial charge in [-0.2, -0.15) is 0 Å². The highest BCUT2D eigenvalue weighted by Gasteiger charge is 2.26. The van der Waals surface area contributed by atoms with Gasteiger partial charge in [0.25, 0.3) is 0 Å². The molecule has 0 amide bonds. The molecule has 4 heteroatoms. The van der Waals surface area contributed by atoms with Crippen LogP contribution in [0.2, 0.25) is 0 Å². The van der Waals surface area contributed by atoms with Gasteiger partial charge in [0.1, 0.15) is 11.5 Å². The first-order valence-electron chi connectivity index (χ1n) is 9.35. The monoisotopic (exact) mass is 328 g/mol. The van der Waals surface area contributed by atoms with Gasteiger partial charge in [0.05, 0.1) is 0 Å². The molecule has 1 aromatic heterocycles. The molecule has 2 heterocycles. The molecule has 1 saturated heterocycles. The van der Waals surface area contributed by atoms with Crippen LogP contribution < -0.4 is 0 Å². The number of likely N-dealkylation sites (tertiary alicyclic amines) is 1. The summed E-state index contributed by atoms with van der Waals surface area (Å²) < 4.78 is 0. The van der Waals surface area contributed by atoms with E-state index in [1.54, 1.807) is 6.07 Å². The predicted octanol–water partition coefficient (Wildman–Crippen LogP) is 3.30. The molecule has 2 aliphatic rings. The number of aromatic nitrogens is 1. The third kappa shape index (κ3) is 4.29. The fourth-order valence-corrected chi connectivity index (χ4v) is 3.94. The summed E-state index contributed by atoms with van der Waals surface area (Å²) in [5, 5.41) is 0. The first-order chi connectivity index (χ1) is 11.6. The van der Waals surface area contributed by atoms with Crippen LogP contribution in [0.25, 0.3) is 0 Å². The first-order valence-corrected chi connectivity index (χ1v) is 9.35. The average Bonchev–Trinajstić information content (AvgIpc) is 2.63. The SMILES string of the molecule is CN1CCC(C(=O)c2cccc(CC(=O)C3CCCCC3)n2)CC1. The lowest BCUT2D eigenvalue weighted by molar-refractivity contribution is -0.123. The predicted molar refractivity (Wildman–Crippen MR) is 94.1 cm³/mol. The summed E-state index contributed by atoms with van der Waals surface area (Å²) in [6.45, 7) is 1.94. The Labute approximate surface area is 144 Å². The minimum Gasteiger partial charge on any atom is -0.306 e. The molecule has 130 valence electrons. The molecule has 0 atom stereocenters. The van der Waals surface area contributed by atoms with Crippen LogP contribution in [0.5, 0.6) is 0 Å². The van der Waals surface area contributed by atoms with Crippen LogP contribution in [0.1, 0.15) is 61.1 Å². The minimum absolute atomic E-state index is 0.0815. The van der Waals surface area contributed by atoms with E-state index in [0.717, 1.165) is 44.5 Å². The fraction of sp³-hybridized carbons (Fsp3) is 0.650. The molecular weight excluding hydrogens is 300 g/mol. The van der Waals surface area contributed by atoms with Crippen molar-refractivity contribution in [2.45, 2.75) is 51.4 Å². The van der Waals surface area contributed by atoms with Crippen molar-refractivity contribution < 1.29 is 9.59 Å². The maximum Gasteiger partial charge on any atom is 0.184 e. The van der Waals surface area contributed by atoms with Gasteiger partial charge < -0.3 is 4.90 Å². The fourth-order valence-electron chi connectivity index (χ4n) is 3.94. The summed E-state index contributed by atoms with van der Waals surface area (Å²) in [5.74, 6) is 0.730. The summed E-state index contributed by atoms with van der Waals surface area (Å²) in [6.07, 6.45) is 7.81. The van der Waals surface area contributed by atoms with Crippen LogP contribution in [-0.4, -0.2) is 41.6 Å². The molecule has 0 spiro atoms. The quantitative estimate of drug-likeness (QED) is 0.778. The van der Waals surface area contributed by atoms with E-state index in [9.17, 15) is 9.59 Å². The highest BCUT2D eigenvalue weighted by Crippen LogP contribution is 2.25. The van der Waals surface area contributed by atoms with Gasteiger partial charge in [-0.3, -0.25) is 9.59 Å². The molecule has 1 aliphatic carbocycles. The highest BCUT2D eigenvalue weighted by molar-refractivity contribution is 5.96. The Morgan fingerprint density at radius 2 is 1.75 bits per heavy atom. The molecule has 4 nitrogen and oxygen atoms in total. The van der Waals surface area contributed by atoms with Crippen molar-refractivity contribution >= 4 is 11.6 Å². The van der Waals surface area contributed by atoms with E-state index in [2.05, 4.69) is 16.9 Å². The zero-order valence-electron chi connectivity index (χ0n) is 14.7. The summed E-state index contributed by atoms with van der Waals surface area (Å²) >= 11 is 0. The van der Waals surface area contributed by atoms with Crippen LogP contribution in [0, 0.1) is 11.8 Å². The Hall–Kier alpha value is -1.55. The van der Waals surface area contributed by atoms with Gasteiger partial charge in [-0.1, -0.05) is 25.3 Å². The number of nitrogens with zero attached hydrogens (tertiary/aromatic N) is 2. The molecule has 1 saturated carbocycles. The van der Waals surface area contributed by atoms with Crippen molar-refractivity contribution in [3.8, 4) is 0 Å². The van der Waals surface area contributed by atoms with Crippen molar-refractivity contribution in [3.63, 3.8) is 0 Å². The second-order valence-electron chi connectivity index (χ2n) is 7.43. The Bertz CT molecular complexity index is 585. The maximum atomic E-state index is 12.7. The number of carbonyl (C=O) groups is 2. The molecule has 0 bridgehead atoms. The topological polar surface area (TPSA) is 50.3 Å². The van der Waals surface area contributed by atoms with Gasteiger partial charge in [0.15, 0.2) is 5.78 Å². The van der Waals surface area contributed by atoms with E-state index in [0.29, 0.717) is 17.9 Å². The van der Waals surface area contributed by atoms with Crippen LogP contribution >= 0.6 is 0 Å². The van der Waals surface area contributed by atoms with Crippen molar-refractivity contribution in [2.75, 3.05) is 20.1 Å². The van der Waals surface area contributed by atoms with E-state index in [1.807, 2.05) is 12.1 Å². The van der Waals surface area contributed by atoms with Crippen LogP contribution in [0.4, 0.5) is 0 Å². The summed E-state index contributed by atoms with van der Waals surface area (Å²) in [4.78, 5) is 31.9. The lowest BCUT2D eigenvalue weighted by atomic mass is 9.85. The van der Waals surface area contributed by atoms with Crippen molar-refractivity contribution in [1.82, 2.24) is 9.88 Å². The zero-order chi connectivity index (χ0) is 16.9. The van der Waals surface area contributed by atoms with Crippen molar-refractivity contribution in [1.29, 1.82) is 0 Å². The summed E-state index contributed by atoms with van der Waals surface area (Å²) in [7, 11) is 2.09. The molecule has 3 rings (SSSR count). The molecule has 0 aromatic carbocycles. The third-order valence-electron chi connectivity index (χ3n) is 5.56. The third-order valence-corrected chi connectivity index (χ3v) is 5.56. The number of Topliss-reactive ketones (excluding diaryl/α,β-unsaturated/α-hetero) is 2. The van der Waals surface area contributed by atoms with Gasteiger partial charge in [0, 0.05) is 24.0 Å². The Kier molecular flexibility index (Phi) is 5.77. The second-order valence-corrected chi connectivity index (χ2v) is 7.43. The van der Waals surface area contributed by atoms with E-state index in [-0.39, 0.29) is 17.6 Å². The standard InChI is InChI=1S/C20H28N2O2/c1-22-12-10-16(11-13-22)20(24)18-9-5-8-17(21-18)14-19(23)15-6-3-2-4-7-15/h5,8-9,15-16H,2-4,6-7,10-14H2,1H3. The van der Waals surface area contributed by atoms with Crippen LogP contribution in [-0.2, 0) is 11.2 Å². The van der Waals surface area contributed by atoms with E-state index in [1.165, 1.54) is 19.3 Å². The molecule has 1 aliphatic heterocycles. The largest absolute Gasteiger partial charge is 0.306 e. The normalized spacial score (nSPS) is 20.9. The minimum atomic E-state index is 0.0815. The smallest absolute Gasteiger partial charge is 0.184 e. The van der Waals surface area contributed by atoms with Crippen LogP contribution in [0.3, 0.4) is 0 Å².